The second-order valence-corrected chi connectivity index (χ2v) is 7.24. The monoisotopic (exact) mass is 369 g/mol. The molecule has 138 valence electrons. The fourth-order valence-electron chi connectivity index (χ4n) is 2.41. The van der Waals surface area contributed by atoms with E-state index in [1.54, 1.807) is 19.1 Å². The van der Waals surface area contributed by atoms with Gasteiger partial charge < -0.3 is 15.2 Å². The van der Waals surface area contributed by atoms with Crippen LogP contribution in [-0.2, 0) is 9.53 Å². The quantitative estimate of drug-likeness (QED) is 0.398. The van der Waals surface area contributed by atoms with Crippen molar-refractivity contribution in [2.45, 2.75) is 23.2 Å². The van der Waals surface area contributed by atoms with E-state index in [9.17, 15) is 20.0 Å². The molecule has 8 nitrogen and oxygen atoms in total. The van der Waals surface area contributed by atoms with Crippen molar-refractivity contribution < 1.29 is 19.6 Å². The van der Waals surface area contributed by atoms with Crippen LogP contribution in [0, 0.1) is 10.1 Å². The molecule has 1 heterocycles. The van der Waals surface area contributed by atoms with Gasteiger partial charge in [-0.15, -0.1) is 11.8 Å². The molecule has 1 aliphatic rings. The van der Waals surface area contributed by atoms with Crippen LogP contribution >= 0.6 is 11.8 Å². The second kappa shape index (κ2) is 9.71. The number of rotatable bonds is 8. The zero-order valence-electron chi connectivity index (χ0n) is 14.1. The topological polar surface area (TPSA) is 105 Å². The number of nitrogens with zero attached hydrogens (tertiary/aromatic N) is 2. The van der Waals surface area contributed by atoms with E-state index in [4.69, 9.17) is 4.74 Å². The highest BCUT2D eigenvalue weighted by molar-refractivity contribution is 8.00. The number of amides is 1. The molecule has 1 fully saturated rings. The van der Waals surface area contributed by atoms with E-state index in [0.717, 1.165) is 18.0 Å². The molecule has 1 amide bonds. The number of nitro groups is 1. The molecule has 0 bridgehead atoms. The van der Waals surface area contributed by atoms with Gasteiger partial charge in [-0.3, -0.25) is 19.8 Å². The molecule has 1 saturated heterocycles. The van der Waals surface area contributed by atoms with Crippen molar-refractivity contribution in [3.05, 3.63) is 34.4 Å². The SMILES string of the molecule is C[C@@H](Sc1ccc([N+](=O)[O-])cc1)C(=O)NC[C@@H](O)CN1CCOCC1. The summed E-state index contributed by atoms with van der Waals surface area (Å²) in [6.45, 7) is 5.38. The number of hydrogen-bond donors (Lipinski definition) is 2. The zero-order valence-corrected chi connectivity index (χ0v) is 14.9. The summed E-state index contributed by atoms with van der Waals surface area (Å²) in [7, 11) is 0. The molecule has 1 aromatic carbocycles. The first kappa shape index (κ1) is 19.6. The molecule has 0 spiro atoms. The van der Waals surface area contributed by atoms with Gasteiger partial charge in [-0.05, 0) is 19.1 Å². The minimum Gasteiger partial charge on any atom is -0.390 e. The molecular formula is C16H23N3O5S. The Morgan fingerprint density at radius 3 is 2.64 bits per heavy atom. The predicted octanol–water partition coefficient (Wildman–Crippen LogP) is 0.885. The number of hydrogen-bond acceptors (Lipinski definition) is 7. The van der Waals surface area contributed by atoms with Crippen LogP contribution in [0.4, 0.5) is 5.69 Å². The van der Waals surface area contributed by atoms with Gasteiger partial charge in [-0.2, -0.15) is 0 Å². The molecule has 9 heteroatoms. The smallest absolute Gasteiger partial charge is 0.269 e. The summed E-state index contributed by atoms with van der Waals surface area (Å²) in [4.78, 5) is 25.2. The lowest BCUT2D eigenvalue weighted by atomic mass is 10.3. The summed E-state index contributed by atoms with van der Waals surface area (Å²) < 4.78 is 5.25. The van der Waals surface area contributed by atoms with Crippen LogP contribution in [0.5, 0.6) is 0 Å². The van der Waals surface area contributed by atoms with Crippen LogP contribution in [0.1, 0.15) is 6.92 Å². The normalized spacial score (nSPS) is 17.7. The minimum atomic E-state index is -0.626. The number of thioether (sulfide) groups is 1. The lowest BCUT2D eigenvalue weighted by molar-refractivity contribution is -0.384. The number of carbonyl (C=O) groups excluding carboxylic acids is 1. The Labute approximate surface area is 150 Å². The van der Waals surface area contributed by atoms with Crippen LogP contribution < -0.4 is 5.32 Å². The first-order valence-electron chi connectivity index (χ1n) is 8.12. The van der Waals surface area contributed by atoms with Gasteiger partial charge in [0.1, 0.15) is 0 Å². The largest absolute Gasteiger partial charge is 0.390 e. The summed E-state index contributed by atoms with van der Waals surface area (Å²) in [5.41, 5.74) is 0.0210. The summed E-state index contributed by atoms with van der Waals surface area (Å²) in [5.74, 6) is -0.176. The van der Waals surface area contributed by atoms with Gasteiger partial charge in [0.2, 0.25) is 5.91 Å². The number of aliphatic hydroxyl groups excluding tert-OH is 1. The van der Waals surface area contributed by atoms with E-state index in [1.807, 2.05) is 0 Å². The molecule has 2 rings (SSSR count). The number of morpholine rings is 1. The highest BCUT2D eigenvalue weighted by Gasteiger charge is 2.18. The zero-order chi connectivity index (χ0) is 18.2. The van der Waals surface area contributed by atoms with Crippen molar-refractivity contribution >= 4 is 23.4 Å². The number of non-ortho nitro benzene ring substituents is 1. The molecule has 2 N–H and O–H groups in total. The Balaban J connectivity index is 1.72. The van der Waals surface area contributed by atoms with Gasteiger partial charge in [-0.1, -0.05) is 0 Å². The second-order valence-electron chi connectivity index (χ2n) is 5.82. The Morgan fingerprint density at radius 1 is 1.40 bits per heavy atom. The van der Waals surface area contributed by atoms with E-state index >= 15 is 0 Å². The number of β-amino-alcohol motifs (C(OH)–C–C–N with tert-alkyl or cyclic N) is 1. The standard InChI is InChI=1S/C16H23N3O5S/c1-12(25-15-4-2-13(3-5-15)19(22)23)16(21)17-10-14(20)11-18-6-8-24-9-7-18/h2-5,12,14,20H,6-11H2,1H3,(H,17,21)/t12-,14-/m1/s1. The summed E-state index contributed by atoms with van der Waals surface area (Å²) in [6.07, 6.45) is -0.626. The molecule has 0 unspecified atom stereocenters. The van der Waals surface area contributed by atoms with Crippen LogP contribution in [0.25, 0.3) is 0 Å². The number of nitrogens with one attached hydrogen (secondary N) is 1. The molecule has 0 radical (unpaired) electrons. The maximum atomic E-state index is 12.1. The molecule has 0 aliphatic carbocycles. The van der Waals surface area contributed by atoms with Crippen molar-refractivity contribution in [3.63, 3.8) is 0 Å². The third kappa shape index (κ3) is 6.62. The molecule has 1 aromatic rings. The summed E-state index contributed by atoms with van der Waals surface area (Å²) in [5, 5.41) is 23.1. The Hall–Kier alpha value is -1.68. The lowest BCUT2D eigenvalue weighted by Gasteiger charge is -2.28. The average molecular weight is 369 g/mol. The molecule has 1 aliphatic heterocycles. The molecule has 0 aromatic heterocycles. The number of carbonyl (C=O) groups is 1. The maximum absolute atomic E-state index is 12.1. The fourth-order valence-corrected chi connectivity index (χ4v) is 3.30. The summed E-state index contributed by atoms with van der Waals surface area (Å²) in [6, 6.07) is 6.08. The van der Waals surface area contributed by atoms with E-state index in [0.29, 0.717) is 19.8 Å². The van der Waals surface area contributed by atoms with E-state index in [1.165, 1.54) is 23.9 Å². The van der Waals surface area contributed by atoms with Crippen molar-refractivity contribution in [1.82, 2.24) is 10.2 Å². The Bertz CT molecular complexity index is 578. The van der Waals surface area contributed by atoms with Gasteiger partial charge in [0.05, 0.1) is 29.5 Å². The number of ether oxygens (including phenoxy) is 1. The lowest BCUT2D eigenvalue weighted by Crippen LogP contribution is -2.45. The molecule has 0 saturated carbocycles. The first-order valence-corrected chi connectivity index (χ1v) is 9.00. The van der Waals surface area contributed by atoms with Crippen molar-refractivity contribution in [3.8, 4) is 0 Å². The first-order chi connectivity index (χ1) is 12.0. The third-order valence-corrected chi connectivity index (χ3v) is 4.93. The van der Waals surface area contributed by atoms with E-state index in [-0.39, 0.29) is 23.4 Å². The Morgan fingerprint density at radius 2 is 2.04 bits per heavy atom. The number of aliphatic hydroxyl groups is 1. The predicted molar refractivity (Wildman–Crippen MR) is 94.7 cm³/mol. The van der Waals surface area contributed by atoms with Gasteiger partial charge in [0, 0.05) is 43.2 Å². The van der Waals surface area contributed by atoms with Gasteiger partial charge in [-0.25, -0.2) is 0 Å². The average Bonchev–Trinajstić information content (AvgIpc) is 2.61. The van der Waals surface area contributed by atoms with Gasteiger partial charge >= 0.3 is 0 Å². The maximum Gasteiger partial charge on any atom is 0.269 e. The van der Waals surface area contributed by atoms with Gasteiger partial charge in [0.15, 0.2) is 0 Å². The highest BCUT2D eigenvalue weighted by Crippen LogP contribution is 2.25. The van der Waals surface area contributed by atoms with Crippen molar-refractivity contribution in [2.24, 2.45) is 0 Å². The van der Waals surface area contributed by atoms with Crippen LogP contribution in [0.3, 0.4) is 0 Å². The third-order valence-electron chi connectivity index (χ3n) is 3.81. The van der Waals surface area contributed by atoms with Crippen molar-refractivity contribution in [2.75, 3.05) is 39.4 Å². The van der Waals surface area contributed by atoms with E-state index < -0.39 is 11.0 Å². The van der Waals surface area contributed by atoms with Crippen LogP contribution in [-0.4, -0.2) is 71.6 Å². The van der Waals surface area contributed by atoms with Crippen LogP contribution in [0.15, 0.2) is 29.2 Å². The van der Waals surface area contributed by atoms with Crippen LogP contribution in [0.2, 0.25) is 0 Å². The summed E-state index contributed by atoms with van der Waals surface area (Å²) >= 11 is 1.32. The number of nitro benzene ring substituents is 1. The number of benzene rings is 1. The Kier molecular flexibility index (Phi) is 7.63. The van der Waals surface area contributed by atoms with E-state index in [2.05, 4.69) is 10.2 Å². The van der Waals surface area contributed by atoms with Crippen molar-refractivity contribution in [1.29, 1.82) is 0 Å². The highest BCUT2D eigenvalue weighted by atomic mass is 32.2. The molecular weight excluding hydrogens is 346 g/mol. The fraction of sp³-hybridized carbons (Fsp3) is 0.562. The molecule has 2 atom stereocenters. The minimum absolute atomic E-state index is 0.0210. The molecule has 25 heavy (non-hydrogen) atoms. The van der Waals surface area contributed by atoms with Gasteiger partial charge in [0.25, 0.3) is 5.69 Å².